The molecule has 1 N–H and O–H groups in total. The van der Waals surface area contributed by atoms with Crippen molar-refractivity contribution in [2.45, 2.75) is 16.8 Å². The summed E-state index contributed by atoms with van der Waals surface area (Å²) in [5.74, 6) is -2.32. The maximum atomic E-state index is 12.1. The number of amides is 1. The largest absolute Gasteiger partial charge is 0.475 e. The van der Waals surface area contributed by atoms with Crippen molar-refractivity contribution < 1.29 is 27.5 Å². The van der Waals surface area contributed by atoms with Gasteiger partial charge in [0, 0.05) is 13.6 Å². The third-order valence-corrected chi connectivity index (χ3v) is 4.79. The van der Waals surface area contributed by atoms with E-state index in [0.717, 1.165) is 12.1 Å². The zero-order chi connectivity index (χ0) is 13.5. The molecule has 0 spiro atoms. The van der Waals surface area contributed by atoms with Crippen molar-refractivity contribution in [1.82, 2.24) is 4.90 Å². The maximum absolute atomic E-state index is 12.1. The Morgan fingerprint density at radius 3 is 2.61 bits per heavy atom. The average molecular weight is 273 g/mol. The lowest BCUT2D eigenvalue weighted by Crippen LogP contribution is -2.31. The lowest BCUT2D eigenvalue weighted by Gasteiger charge is -2.09. The van der Waals surface area contributed by atoms with Gasteiger partial charge in [-0.1, -0.05) is 0 Å². The molecule has 1 unspecified atom stereocenters. The van der Waals surface area contributed by atoms with Gasteiger partial charge in [0.05, 0.1) is 0 Å². The van der Waals surface area contributed by atoms with Gasteiger partial charge in [-0.15, -0.1) is 0 Å². The molecule has 1 fully saturated rings. The molecule has 1 aliphatic heterocycles. The van der Waals surface area contributed by atoms with Crippen LogP contribution in [-0.2, 0) is 14.6 Å². The SMILES string of the molecule is CN1CCC(S(=O)(=O)c2ccc(C(=O)O)o2)C1=O. The van der Waals surface area contributed by atoms with E-state index in [1.807, 2.05) is 0 Å². The molecule has 2 rings (SSSR count). The highest BCUT2D eigenvalue weighted by molar-refractivity contribution is 7.92. The number of hydrogen-bond acceptors (Lipinski definition) is 5. The number of likely N-dealkylation sites (tertiary alicyclic amines) is 1. The highest BCUT2D eigenvalue weighted by Gasteiger charge is 2.42. The molecule has 1 aliphatic rings. The lowest BCUT2D eigenvalue weighted by molar-refractivity contribution is -0.126. The summed E-state index contributed by atoms with van der Waals surface area (Å²) in [6.45, 7) is 0.356. The van der Waals surface area contributed by atoms with Crippen LogP contribution in [0.5, 0.6) is 0 Å². The van der Waals surface area contributed by atoms with Gasteiger partial charge >= 0.3 is 5.97 Å². The van der Waals surface area contributed by atoms with Gasteiger partial charge in [0.15, 0.2) is 0 Å². The third kappa shape index (κ3) is 1.88. The minimum Gasteiger partial charge on any atom is -0.475 e. The Morgan fingerprint density at radius 1 is 1.50 bits per heavy atom. The van der Waals surface area contributed by atoms with Crippen LogP contribution in [-0.4, -0.2) is 49.1 Å². The number of nitrogens with zero attached hydrogens (tertiary/aromatic N) is 1. The molecule has 8 heteroatoms. The standard InChI is InChI=1S/C10H11NO6S/c1-11-5-4-7(9(11)12)18(15,16)8-3-2-6(17-8)10(13)14/h2-3,7H,4-5H2,1H3,(H,13,14). The fraction of sp³-hybridized carbons (Fsp3) is 0.400. The summed E-state index contributed by atoms with van der Waals surface area (Å²) in [4.78, 5) is 23.6. The number of carbonyl (C=O) groups excluding carboxylic acids is 1. The molecule has 0 aromatic carbocycles. The third-order valence-electron chi connectivity index (χ3n) is 2.83. The van der Waals surface area contributed by atoms with Gasteiger partial charge in [0.2, 0.25) is 26.6 Å². The molecular formula is C10H11NO6S. The molecule has 7 nitrogen and oxygen atoms in total. The number of carboxylic acid groups (broad SMARTS) is 1. The Morgan fingerprint density at radius 2 is 2.17 bits per heavy atom. The summed E-state index contributed by atoms with van der Waals surface area (Å²) in [6, 6.07) is 2.11. The molecule has 0 saturated carbocycles. The molecule has 0 radical (unpaired) electrons. The Kier molecular flexibility index (Phi) is 2.89. The van der Waals surface area contributed by atoms with Crippen LogP contribution < -0.4 is 0 Å². The van der Waals surface area contributed by atoms with Crippen molar-refractivity contribution in [2.75, 3.05) is 13.6 Å². The summed E-state index contributed by atoms with van der Waals surface area (Å²) in [5, 5.41) is 7.00. The van der Waals surface area contributed by atoms with Gasteiger partial charge in [-0.2, -0.15) is 0 Å². The monoisotopic (exact) mass is 273 g/mol. The highest BCUT2D eigenvalue weighted by atomic mass is 32.2. The number of hydrogen-bond donors (Lipinski definition) is 1. The first kappa shape index (κ1) is 12.6. The number of aromatic carboxylic acids is 1. The van der Waals surface area contributed by atoms with Gasteiger partial charge in [-0.25, -0.2) is 13.2 Å². The molecule has 98 valence electrons. The zero-order valence-electron chi connectivity index (χ0n) is 9.49. The van der Waals surface area contributed by atoms with Gasteiger partial charge in [-0.05, 0) is 18.6 Å². The summed E-state index contributed by atoms with van der Waals surface area (Å²) in [7, 11) is -2.44. The molecule has 0 aliphatic carbocycles. The van der Waals surface area contributed by atoms with E-state index in [1.165, 1.54) is 11.9 Å². The van der Waals surface area contributed by atoms with Gasteiger partial charge < -0.3 is 14.4 Å². The summed E-state index contributed by atoms with van der Waals surface area (Å²) in [6.07, 6.45) is 0.181. The molecule has 1 atom stereocenters. The molecule has 1 aromatic rings. The minimum atomic E-state index is -3.95. The van der Waals surface area contributed by atoms with E-state index in [0.29, 0.717) is 6.54 Å². The fourth-order valence-corrected chi connectivity index (χ4v) is 3.41. The second-order valence-electron chi connectivity index (χ2n) is 4.01. The number of carboxylic acids is 1. The van der Waals surface area contributed by atoms with E-state index in [1.54, 1.807) is 0 Å². The van der Waals surface area contributed by atoms with Crippen LogP contribution >= 0.6 is 0 Å². The van der Waals surface area contributed by atoms with Crippen molar-refractivity contribution in [1.29, 1.82) is 0 Å². The highest BCUT2D eigenvalue weighted by Crippen LogP contribution is 2.25. The summed E-state index contributed by atoms with van der Waals surface area (Å²) < 4.78 is 28.9. The quantitative estimate of drug-likeness (QED) is 0.830. The zero-order valence-corrected chi connectivity index (χ0v) is 10.3. The van der Waals surface area contributed by atoms with Crippen molar-refractivity contribution in [3.63, 3.8) is 0 Å². The lowest BCUT2D eigenvalue weighted by atomic mass is 10.4. The molecule has 1 amide bonds. The van der Waals surface area contributed by atoms with Crippen LogP contribution in [0.1, 0.15) is 17.0 Å². The summed E-state index contributed by atoms with van der Waals surface area (Å²) >= 11 is 0. The van der Waals surface area contributed by atoms with Crippen molar-refractivity contribution in [3.05, 3.63) is 17.9 Å². The second-order valence-corrected chi connectivity index (χ2v) is 6.07. The first-order chi connectivity index (χ1) is 8.34. The Hall–Kier alpha value is -1.83. The average Bonchev–Trinajstić information content (AvgIpc) is 2.88. The molecule has 2 heterocycles. The predicted octanol–water partition coefficient (Wildman–Crippen LogP) is -0.0178. The topological polar surface area (TPSA) is 105 Å². The molecule has 18 heavy (non-hydrogen) atoms. The van der Waals surface area contributed by atoms with E-state index in [2.05, 4.69) is 0 Å². The van der Waals surface area contributed by atoms with E-state index >= 15 is 0 Å². The van der Waals surface area contributed by atoms with Gasteiger partial charge in [0.25, 0.3) is 0 Å². The van der Waals surface area contributed by atoms with E-state index in [4.69, 9.17) is 9.52 Å². The Labute approximate surface area is 103 Å². The fourth-order valence-electron chi connectivity index (χ4n) is 1.81. The number of furan rings is 1. The summed E-state index contributed by atoms with van der Waals surface area (Å²) in [5.41, 5.74) is 0. The van der Waals surface area contributed by atoms with Gasteiger partial charge in [-0.3, -0.25) is 4.79 Å². The first-order valence-electron chi connectivity index (χ1n) is 5.16. The molecule has 1 aromatic heterocycles. The normalized spacial score (nSPS) is 20.4. The van der Waals surface area contributed by atoms with Crippen LogP contribution in [0.4, 0.5) is 0 Å². The predicted molar refractivity (Wildman–Crippen MR) is 58.9 cm³/mol. The molecule has 1 saturated heterocycles. The Bertz CT molecular complexity index is 602. The van der Waals surface area contributed by atoms with Crippen molar-refractivity contribution in [2.24, 2.45) is 0 Å². The Balaban J connectivity index is 2.36. The van der Waals surface area contributed by atoms with Crippen LogP contribution in [0.3, 0.4) is 0 Å². The van der Waals surface area contributed by atoms with Crippen LogP contribution in [0.25, 0.3) is 0 Å². The van der Waals surface area contributed by atoms with Gasteiger partial charge in [0.1, 0.15) is 5.25 Å². The number of rotatable bonds is 3. The van der Waals surface area contributed by atoms with E-state index in [9.17, 15) is 18.0 Å². The van der Waals surface area contributed by atoms with E-state index < -0.39 is 37.8 Å². The van der Waals surface area contributed by atoms with Crippen LogP contribution in [0.15, 0.2) is 21.6 Å². The molecule has 0 bridgehead atoms. The molecular weight excluding hydrogens is 262 g/mol. The number of carbonyl (C=O) groups is 2. The van der Waals surface area contributed by atoms with Crippen molar-refractivity contribution in [3.8, 4) is 0 Å². The second kappa shape index (κ2) is 4.13. The van der Waals surface area contributed by atoms with Crippen molar-refractivity contribution >= 4 is 21.7 Å². The number of sulfone groups is 1. The van der Waals surface area contributed by atoms with Crippen LogP contribution in [0.2, 0.25) is 0 Å². The smallest absolute Gasteiger partial charge is 0.371 e. The maximum Gasteiger partial charge on any atom is 0.371 e. The van der Waals surface area contributed by atoms with E-state index in [-0.39, 0.29) is 6.42 Å². The first-order valence-corrected chi connectivity index (χ1v) is 6.70. The minimum absolute atomic E-state index is 0.181. The van der Waals surface area contributed by atoms with Crippen LogP contribution in [0, 0.1) is 0 Å².